The Bertz CT molecular complexity index is 1170. The van der Waals surface area contributed by atoms with Gasteiger partial charge in [0, 0.05) is 0 Å². The Morgan fingerprint density at radius 2 is 1.32 bits per heavy atom. The second-order valence-corrected chi connectivity index (χ2v) is 8.62. The van der Waals surface area contributed by atoms with E-state index < -0.39 is 42.6 Å². The molecule has 38 heavy (non-hydrogen) atoms. The SMILES string of the molecule is C=CCO[C@@H]1[C@@H](OC(=O)c2ccccc2)[C@H](OC(=O)c2ccccc2)[C@@H](COCc2ccccc2)O[C@@H]1O. The maximum atomic E-state index is 13.1. The summed E-state index contributed by atoms with van der Waals surface area (Å²) >= 11 is 0. The largest absolute Gasteiger partial charge is 0.452 e. The highest BCUT2D eigenvalue weighted by atomic mass is 16.7. The zero-order chi connectivity index (χ0) is 26.7. The van der Waals surface area contributed by atoms with Crippen molar-refractivity contribution in [2.24, 2.45) is 0 Å². The average Bonchev–Trinajstić information content (AvgIpc) is 2.96. The van der Waals surface area contributed by atoms with Crippen molar-refractivity contribution in [3.05, 3.63) is 120 Å². The number of hydrogen-bond acceptors (Lipinski definition) is 8. The van der Waals surface area contributed by atoms with Crippen molar-refractivity contribution in [1.29, 1.82) is 0 Å². The predicted octanol–water partition coefficient (Wildman–Crippen LogP) is 3.94. The molecule has 1 fully saturated rings. The molecule has 1 aliphatic rings. The van der Waals surface area contributed by atoms with Gasteiger partial charge in [-0.2, -0.15) is 0 Å². The molecule has 1 N–H and O–H groups in total. The Hall–Kier alpha value is -3.82. The van der Waals surface area contributed by atoms with Gasteiger partial charge in [-0.1, -0.05) is 72.8 Å². The van der Waals surface area contributed by atoms with Crippen LogP contribution in [0, 0.1) is 0 Å². The maximum absolute atomic E-state index is 13.1. The second-order valence-electron chi connectivity index (χ2n) is 8.62. The van der Waals surface area contributed by atoms with Crippen LogP contribution in [0.15, 0.2) is 104 Å². The number of carbonyl (C=O) groups excluding carboxylic acids is 2. The number of hydrogen-bond donors (Lipinski definition) is 1. The summed E-state index contributed by atoms with van der Waals surface area (Å²) in [6.45, 7) is 3.89. The van der Waals surface area contributed by atoms with Gasteiger partial charge in [0.25, 0.3) is 0 Å². The third-order valence-electron chi connectivity index (χ3n) is 5.91. The molecular formula is C30H30O8. The van der Waals surface area contributed by atoms with Crippen molar-refractivity contribution >= 4 is 11.9 Å². The summed E-state index contributed by atoms with van der Waals surface area (Å²) in [4.78, 5) is 26.1. The first-order valence-electron chi connectivity index (χ1n) is 12.3. The van der Waals surface area contributed by atoms with Crippen molar-refractivity contribution < 1.29 is 38.4 Å². The molecule has 3 aromatic carbocycles. The fourth-order valence-electron chi connectivity index (χ4n) is 4.06. The van der Waals surface area contributed by atoms with Crippen molar-refractivity contribution in [3.63, 3.8) is 0 Å². The molecule has 0 spiro atoms. The Balaban J connectivity index is 1.60. The number of rotatable bonds is 11. The number of aliphatic hydroxyl groups excluding tert-OH is 1. The first-order valence-corrected chi connectivity index (χ1v) is 12.3. The highest BCUT2D eigenvalue weighted by Crippen LogP contribution is 2.29. The van der Waals surface area contributed by atoms with Gasteiger partial charge < -0.3 is 28.8 Å². The lowest BCUT2D eigenvalue weighted by atomic mass is 9.98. The summed E-state index contributed by atoms with van der Waals surface area (Å²) < 4.78 is 29.1. The topological polar surface area (TPSA) is 101 Å². The molecule has 1 aliphatic heterocycles. The van der Waals surface area contributed by atoms with Gasteiger partial charge in [-0.15, -0.1) is 6.58 Å². The lowest BCUT2D eigenvalue weighted by Crippen LogP contribution is -2.62. The van der Waals surface area contributed by atoms with Crippen molar-refractivity contribution in [2.45, 2.75) is 37.3 Å². The number of ether oxygens (including phenoxy) is 5. The van der Waals surface area contributed by atoms with Gasteiger partial charge in [-0.25, -0.2) is 9.59 Å². The minimum absolute atomic E-state index is 0.0407. The normalized spacial score (nSPS) is 22.8. The monoisotopic (exact) mass is 518 g/mol. The molecule has 1 saturated heterocycles. The van der Waals surface area contributed by atoms with Crippen LogP contribution in [-0.2, 0) is 30.3 Å². The highest BCUT2D eigenvalue weighted by Gasteiger charge is 2.51. The van der Waals surface area contributed by atoms with Crippen LogP contribution in [0.25, 0.3) is 0 Å². The zero-order valence-electron chi connectivity index (χ0n) is 20.8. The van der Waals surface area contributed by atoms with Gasteiger partial charge in [-0.3, -0.25) is 0 Å². The lowest BCUT2D eigenvalue weighted by molar-refractivity contribution is -0.295. The summed E-state index contributed by atoms with van der Waals surface area (Å²) in [5.74, 6) is -1.31. The molecule has 1 heterocycles. The van der Waals surface area contributed by atoms with Gasteiger partial charge in [0.15, 0.2) is 18.5 Å². The van der Waals surface area contributed by atoms with Crippen LogP contribution < -0.4 is 0 Å². The standard InChI is InChI=1S/C30H30O8/c1-2-18-35-27-26(38-29(32)23-16-10-5-11-17-23)25(37-28(31)22-14-8-4-9-15-22)24(36-30(27)33)20-34-19-21-12-6-3-7-13-21/h2-17,24-27,30,33H,1,18-20H2/t24-,25-,26+,27-,30+/m1/s1. The first-order chi connectivity index (χ1) is 18.6. The average molecular weight is 519 g/mol. The Kier molecular flexibility index (Phi) is 9.77. The quantitative estimate of drug-likeness (QED) is 0.301. The second kappa shape index (κ2) is 13.6. The van der Waals surface area contributed by atoms with Crippen LogP contribution in [-0.4, -0.2) is 61.0 Å². The van der Waals surface area contributed by atoms with E-state index in [0.29, 0.717) is 11.1 Å². The van der Waals surface area contributed by atoms with Crippen molar-refractivity contribution in [3.8, 4) is 0 Å². The molecule has 4 rings (SSSR count). The van der Waals surface area contributed by atoms with Gasteiger partial charge in [0.05, 0.1) is 30.9 Å². The summed E-state index contributed by atoms with van der Waals surface area (Å²) in [5.41, 5.74) is 1.53. The van der Waals surface area contributed by atoms with E-state index in [1.54, 1.807) is 60.7 Å². The first kappa shape index (κ1) is 27.2. The van der Waals surface area contributed by atoms with Crippen LogP contribution in [0.1, 0.15) is 26.3 Å². The van der Waals surface area contributed by atoms with Gasteiger partial charge in [-0.05, 0) is 29.8 Å². The van der Waals surface area contributed by atoms with Gasteiger partial charge in [0.1, 0.15) is 12.2 Å². The van der Waals surface area contributed by atoms with E-state index in [0.717, 1.165) is 5.56 Å². The minimum atomic E-state index is -1.49. The number of carbonyl (C=O) groups is 2. The van der Waals surface area contributed by atoms with Crippen molar-refractivity contribution in [1.82, 2.24) is 0 Å². The van der Waals surface area contributed by atoms with E-state index in [-0.39, 0.29) is 19.8 Å². The molecule has 198 valence electrons. The van der Waals surface area contributed by atoms with E-state index in [4.69, 9.17) is 23.7 Å². The number of benzene rings is 3. The Morgan fingerprint density at radius 3 is 1.87 bits per heavy atom. The van der Waals surface area contributed by atoms with Crippen LogP contribution in [0.5, 0.6) is 0 Å². The molecule has 0 aliphatic carbocycles. The summed E-state index contributed by atoms with van der Waals surface area (Å²) in [6, 6.07) is 26.3. The van der Waals surface area contributed by atoms with E-state index in [1.165, 1.54) is 6.08 Å². The van der Waals surface area contributed by atoms with Crippen LogP contribution >= 0.6 is 0 Å². The molecule has 0 radical (unpaired) electrons. The number of esters is 2. The molecule has 8 heteroatoms. The zero-order valence-corrected chi connectivity index (χ0v) is 20.8. The summed E-state index contributed by atoms with van der Waals surface area (Å²) in [5, 5.41) is 10.8. The lowest BCUT2D eigenvalue weighted by Gasteiger charge is -2.43. The summed E-state index contributed by atoms with van der Waals surface area (Å²) in [6.07, 6.45) is -4.46. The third kappa shape index (κ3) is 7.14. The smallest absolute Gasteiger partial charge is 0.338 e. The van der Waals surface area contributed by atoms with Crippen molar-refractivity contribution in [2.75, 3.05) is 13.2 Å². The van der Waals surface area contributed by atoms with E-state index >= 15 is 0 Å². The van der Waals surface area contributed by atoms with Gasteiger partial charge in [0.2, 0.25) is 0 Å². The molecular weight excluding hydrogens is 488 g/mol. The van der Waals surface area contributed by atoms with Crippen LogP contribution in [0.2, 0.25) is 0 Å². The van der Waals surface area contributed by atoms with Crippen LogP contribution in [0.3, 0.4) is 0 Å². The predicted molar refractivity (Wildman–Crippen MR) is 138 cm³/mol. The third-order valence-corrected chi connectivity index (χ3v) is 5.91. The van der Waals surface area contributed by atoms with E-state index in [1.807, 2.05) is 30.3 Å². The fraction of sp³-hybridized carbons (Fsp3) is 0.267. The van der Waals surface area contributed by atoms with E-state index in [9.17, 15) is 14.7 Å². The molecule has 0 aromatic heterocycles. The van der Waals surface area contributed by atoms with Gasteiger partial charge >= 0.3 is 11.9 Å². The molecule has 3 aromatic rings. The fourth-order valence-corrected chi connectivity index (χ4v) is 4.06. The molecule has 8 nitrogen and oxygen atoms in total. The summed E-state index contributed by atoms with van der Waals surface area (Å²) in [7, 11) is 0. The molecule has 0 amide bonds. The maximum Gasteiger partial charge on any atom is 0.338 e. The van der Waals surface area contributed by atoms with E-state index in [2.05, 4.69) is 6.58 Å². The number of aliphatic hydroxyl groups is 1. The molecule has 0 saturated carbocycles. The van der Waals surface area contributed by atoms with Crippen LogP contribution in [0.4, 0.5) is 0 Å². The molecule has 0 bridgehead atoms. The highest BCUT2D eigenvalue weighted by molar-refractivity contribution is 5.90. The molecule has 0 unspecified atom stereocenters. The Morgan fingerprint density at radius 1 is 0.789 bits per heavy atom. The minimum Gasteiger partial charge on any atom is -0.452 e. The Labute approximate surface area is 221 Å². The molecule has 5 atom stereocenters.